The summed E-state index contributed by atoms with van der Waals surface area (Å²) in [4.78, 5) is 24.0. The van der Waals surface area contributed by atoms with Gasteiger partial charge in [0.1, 0.15) is 5.75 Å². The minimum atomic E-state index is -0.309. The molecule has 2 N–H and O–H groups in total. The lowest BCUT2D eigenvalue weighted by Crippen LogP contribution is -2.42. The zero-order valence-corrected chi connectivity index (χ0v) is 14.7. The van der Waals surface area contributed by atoms with Crippen LogP contribution >= 0.6 is 0 Å². The molecule has 0 saturated heterocycles. The molecule has 2 amide bonds. The van der Waals surface area contributed by atoms with Crippen molar-refractivity contribution in [2.75, 3.05) is 12.4 Å². The second kappa shape index (κ2) is 8.04. The highest BCUT2D eigenvalue weighted by Crippen LogP contribution is 2.27. The van der Waals surface area contributed by atoms with Crippen molar-refractivity contribution in [3.8, 4) is 5.75 Å². The highest BCUT2D eigenvalue weighted by Gasteiger charge is 2.34. The zero-order valence-electron chi connectivity index (χ0n) is 14.7. The van der Waals surface area contributed by atoms with Crippen molar-refractivity contribution >= 4 is 17.7 Å². The third-order valence-electron chi connectivity index (χ3n) is 4.15. The van der Waals surface area contributed by atoms with Crippen LogP contribution in [-0.4, -0.2) is 31.3 Å². The minimum Gasteiger partial charge on any atom is -0.491 e. The van der Waals surface area contributed by atoms with Gasteiger partial charge in [-0.3, -0.25) is 4.79 Å². The Morgan fingerprint density at radius 1 is 1.25 bits per heavy atom. The Bertz CT molecular complexity index is 601. The van der Waals surface area contributed by atoms with Crippen molar-refractivity contribution < 1.29 is 19.1 Å². The Kier molecular flexibility index (Phi) is 6.06. The van der Waals surface area contributed by atoms with Crippen LogP contribution in [0.1, 0.15) is 38.7 Å². The molecule has 0 radical (unpaired) electrons. The van der Waals surface area contributed by atoms with Crippen LogP contribution in [0.15, 0.2) is 18.2 Å². The van der Waals surface area contributed by atoms with Crippen LogP contribution in [0.4, 0.5) is 10.5 Å². The van der Waals surface area contributed by atoms with Gasteiger partial charge in [0, 0.05) is 11.7 Å². The smallest absolute Gasteiger partial charge is 0.319 e. The first-order valence-corrected chi connectivity index (χ1v) is 8.33. The molecule has 1 aromatic carbocycles. The number of ether oxygens (including phenoxy) is 2. The Hall–Kier alpha value is -2.24. The molecule has 1 aliphatic carbocycles. The molecule has 24 heavy (non-hydrogen) atoms. The number of aryl methyl sites for hydroxylation is 1. The van der Waals surface area contributed by atoms with Crippen molar-refractivity contribution in [2.45, 2.75) is 52.2 Å². The third kappa shape index (κ3) is 4.63. The van der Waals surface area contributed by atoms with Gasteiger partial charge in [-0.1, -0.05) is 6.42 Å². The van der Waals surface area contributed by atoms with E-state index >= 15 is 0 Å². The van der Waals surface area contributed by atoms with Crippen LogP contribution < -0.4 is 15.4 Å². The molecule has 1 saturated carbocycles. The molecule has 0 aliphatic heterocycles. The summed E-state index contributed by atoms with van der Waals surface area (Å²) in [5.41, 5.74) is 1.63. The van der Waals surface area contributed by atoms with Crippen molar-refractivity contribution in [1.82, 2.24) is 5.32 Å². The summed E-state index contributed by atoms with van der Waals surface area (Å²) < 4.78 is 10.4. The Labute approximate surface area is 142 Å². The van der Waals surface area contributed by atoms with Gasteiger partial charge in [0.05, 0.1) is 19.1 Å². The molecule has 2 atom stereocenters. The van der Waals surface area contributed by atoms with Gasteiger partial charge >= 0.3 is 12.0 Å². The molecule has 2 rings (SSSR count). The summed E-state index contributed by atoms with van der Waals surface area (Å²) in [6.45, 7) is 5.85. The average Bonchev–Trinajstić information content (AvgIpc) is 2.96. The van der Waals surface area contributed by atoms with Crippen molar-refractivity contribution in [3.63, 3.8) is 0 Å². The van der Waals surface area contributed by atoms with Crippen LogP contribution in [-0.2, 0) is 9.53 Å². The molecular weight excluding hydrogens is 308 g/mol. The summed E-state index contributed by atoms with van der Waals surface area (Å²) in [7, 11) is 1.38. The fraction of sp³-hybridized carbons (Fsp3) is 0.556. The van der Waals surface area contributed by atoms with Gasteiger partial charge < -0.3 is 20.1 Å². The molecule has 0 unspecified atom stereocenters. The van der Waals surface area contributed by atoms with Crippen LogP contribution in [0, 0.1) is 12.8 Å². The maximum atomic E-state index is 12.2. The lowest BCUT2D eigenvalue weighted by atomic mass is 10.0. The van der Waals surface area contributed by atoms with E-state index in [0.29, 0.717) is 0 Å². The lowest BCUT2D eigenvalue weighted by Gasteiger charge is -2.20. The van der Waals surface area contributed by atoms with E-state index in [-0.39, 0.29) is 30.1 Å². The zero-order chi connectivity index (χ0) is 17.7. The molecule has 6 heteroatoms. The highest BCUT2D eigenvalue weighted by atomic mass is 16.5. The van der Waals surface area contributed by atoms with E-state index in [1.807, 2.05) is 39.0 Å². The molecule has 0 heterocycles. The van der Waals surface area contributed by atoms with E-state index in [4.69, 9.17) is 9.47 Å². The first kappa shape index (κ1) is 18.1. The molecule has 132 valence electrons. The van der Waals surface area contributed by atoms with Gasteiger partial charge in [-0.25, -0.2) is 4.79 Å². The number of carbonyl (C=O) groups is 2. The predicted octanol–water partition coefficient (Wildman–Crippen LogP) is 3.25. The fourth-order valence-electron chi connectivity index (χ4n) is 3.01. The summed E-state index contributed by atoms with van der Waals surface area (Å²) in [5, 5.41) is 5.72. The van der Waals surface area contributed by atoms with Gasteiger partial charge in [-0.2, -0.15) is 0 Å². The standard InChI is InChI=1S/C18H26N2O4/c1-11(2)24-13-8-9-15(12(3)10-13)19-18(22)20-16-7-5-6-14(16)17(21)23-4/h8-11,14,16H,5-7H2,1-4H3,(H2,19,20,22)/t14-,16+/m0/s1. The van der Waals surface area contributed by atoms with Crippen LogP contribution in [0.2, 0.25) is 0 Å². The molecule has 1 fully saturated rings. The number of hydrogen-bond acceptors (Lipinski definition) is 4. The van der Waals surface area contributed by atoms with E-state index in [2.05, 4.69) is 10.6 Å². The third-order valence-corrected chi connectivity index (χ3v) is 4.15. The monoisotopic (exact) mass is 334 g/mol. The van der Waals surface area contributed by atoms with Gasteiger partial charge in [0.2, 0.25) is 0 Å². The van der Waals surface area contributed by atoms with Gasteiger partial charge in [0.15, 0.2) is 0 Å². The van der Waals surface area contributed by atoms with E-state index in [0.717, 1.165) is 36.3 Å². The topological polar surface area (TPSA) is 76.7 Å². The summed E-state index contributed by atoms with van der Waals surface area (Å²) in [5.74, 6) is 0.253. The van der Waals surface area contributed by atoms with E-state index in [1.165, 1.54) is 7.11 Å². The quantitative estimate of drug-likeness (QED) is 0.811. The molecule has 0 spiro atoms. The molecule has 1 aromatic rings. The number of benzene rings is 1. The molecular formula is C18H26N2O4. The minimum absolute atomic E-state index is 0.101. The second-order valence-corrected chi connectivity index (χ2v) is 6.41. The number of urea groups is 1. The second-order valence-electron chi connectivity index (χ2n) is 6.41. The van der Waals surface area contributed by atoms with Gasteiger partial charge in [-0.05, 0) is 57.4 Å². The molecule has 0 aromatic heterocycles. The van der Waals surface area contributed by atoms with Gasteiger partial charge in [0.25, 0.3) is 0 Å². The maximum absolute atomic E-state index is 12.2. The summed E-state index contributed by atoms with van der Waals surface area (Å²) >= 11 is 0. The van der Waals surface area contributed by atoms with Crippen LogP contribution in [0.5, 0.6) is 5.75 Å². The number of amides is 2. The lowest BCUT2D eigenvalue weighted by molar-refractivity contribution is -0.145. The van der Waals surface area contributed by atoms with E-state index in [1.54, 1.807) is 0 Å². The summed E-state index contributed by atoms with van der Waals surface area (Å²) in [6, 6.07) is 5.05. The molecule has 1 aliphatic rings. The number of anilines is 1. The Morgan fingerprint density at radius 2 is 2.00 bits per heavy atom. The number of rotatable bonds is 5. The molecule has 6 nitrogen and oxygen atoms in total. The van der Waals surface area contributed by atoms with Gasteiger partial charge in [-0.15, -0.1) is 0 Å². The number of nitrogens with one attached hydrogen (secondary N) is 2. The first-order chi connectivity index (χ1) is 11.4. The molecule has 0 bridgehead atoms. The van der Waals surface area contributed by atoms with E-state index in [9.17, 15) is 9.59 Å². The largest absolute Gasteiger partial charge is 0.491 e. The number of methoxy groups -OCH3 is 1. The average molecular weight is 334 g/mol. The SMILES string of the molecule is COC(=O)[C@H]1CCC[C@H]1NC(=O)Nc1ccc(OC(C)C)cc1C. The van der Waals surface area contributed by atoms with Crippen molar-refractivity contribution in [3.05, 3.63) is 23.8 Å². The number of carbonyl (C=O) groups excluding carboxylic acids is 2. The fourth-order valence-corrected chi connectivity index (χ4v) is 3.01. The normalized spacial score (nSPS) is 19.9. The van der Waals surface area contributed by atoms with Crippen molar-refractivity contribution in [2.24, 2.45) is 5.92 Å². The van der Waals surface area contributed by atoms with Crippen LogP contribution in [0.3, 0.4) is 0 Å². The Balaban J connectivity index is 1.96. The number of esters is 1. The predicted molar refractivity (Wildman–Crippen MR) is 92.2 cm³/mol. The van der Waals surface area contributed by atoms with E-state index < -0.39 is 0 Å². The Morgan fingerprint density at radius 3 is 2.62 bits per heavy atom. The van der Waals surface area contributed by atoms with Crippen molar-refractivity contribution in [1.29, 1.82) is 0 Å². The highest BCUT2D eigenvalue weighted by molar-refractivity contribution is 5.90. The maximum Gasteiger partial charge on any atom is 0.319 e. The summed E-state index contributed by atoms with van der Waals surface area (Å²) in [6.07, 6.45) is 2.54. The number of hydrogen-bond donors (Lipinski definition) is 2. The first-order valence-electron chi connectivity index (χ1n) is 8.33. The van der Waals surface area contributed by atoms with Crippen LogP contribution in [0.25, 0.3) is 0 Å².